The monoisotopic (exact) mass is 324 g/mol. The quantitative estimate of drug-likeness (QED) is 0.941. The number of rotatable bonds is 3. The van der Waals surface area contributed by atoms with E-state index in [1.54, 1.807) is 27.1 Å². The van der Waals surface area contributed by atoms with E-state index in [4.69, 9.17) is 11.6 Å². The number of thiazole rings is 1. The average molecular weight is 325 g/mol. The standard InChI is InChI=1S/C13H13ClN4O2S/c1-7-10(12(20)18(2)3)21-13(16-7)17-11(19)9-6-8(14)4-5-15-9/h4-6H,1-3H3,(H,16,17,19). The molecule has 0 aromatic carbocycles. The Hall–Kier alpha value is -1.99. The third-order valence-corrected chi connectivity index (χ3v) is 3.87. The Bertz CT molecular complexity index is 699. The van der Waals surface area contributed by atoms with E-state index >= 15 is 0 Å². The summed E-state index contributed by atoms with van der Waals surface area (Å²) in [4.78, 5) is 34.0. The minimum atomic E-state index is -0.421. The molecular weight excluding hydrogens is 312 g/mol. The summed E-state index contributed by atoms with van der Waals surface area (Å²) in [5.74, 6) is -0.568. The molecule has 110 valence electrons. The van der Waals surface area contributed by atoms with Crippen molar-refractivity contribution >= 4 is 39.9 Å². The van der Waals surface area contributed by atoms with Crippen molar-refractivity contribution in [2.75, 3.05) is 19.4 Å². The highest BCUT2D eigenvalue weighted by molar-refractivity contribution is 7.17. The van der Waals surface area contributed by atoms with Crippen LogP contribution in [0.5, 0.6) is 0 Å². The zero-order valence-electron chi connectivity index (χ0n) is 11.7. The first-order valence-electron chi connectivity index (χ1n) is 6.00. The molecule has 2 aromatic rings. The third kappa shape index (κ3) is 3.56. The molecule has 0 bridgehead atoms. The van der Waals surface area contributed by atoms with Crippen molar-refractivity contribution in [2.45, 2.75) is 6.92 Å². The van der Waals surface area contributed by atoms with E-state index in [0.29, 0.717) is 20.7 Å². The van der Waals surface area contributed by atoms with Crippen LogP contribution in [-0.4, -0.2) is 40.8 Å². The maximum absolute atomic E-state index is 12.0. The van der Waals surface area contributed by atoms with Crippen LogP contribution in [0.4, 0.5) is 5.13 Å². The van der Waals surface area contributed by atoms with Gasteiger partial charge in [-0.1, -0.05) is 22.9 Å². The van der Waals surface area contributed by atoms with Crippen LogP contribution < -0.4 is 5.32 Å². The maximum Gasteiger partial charge on any atom is 0.276 e. The first-order valence-corrected chi connectivity index (χ1v) is 7.20. The lowest BCUT2D eigenvalue weighted by atomic mass is 10.3. The van der Waals surface area contributed by atoms with Crippen molar-refractivity contribution in [3.05, 3.63) is 39.6 Å². The van der Waals surface area contributed by atoms with Crippen LogP contribution in [-0.2, 0) is 0 Å². The largest absolute Gasteiger partial charge is 0.344 e. The summed E-state index contributed by atoms with van der Waals surface area (Å²) in [6.07, 6.45) is 1.45. The van der Waals surface area contributed by atoms with Crippen LogP contribution in [0.1, 0.15) is 25.9 Å². The smallest absolute Gasteiger partial charge is 0.276 e. The Kier molecular flexibility index (Phi) is 4.54. The predicted octanol–water partition coefficient (Wildman–Crippen LogP) is 2.45. The molecular formula is C13H13ClN4O2S. The third-order valence-electron chi connectivity index (χ3n) is 2.57. The van der Waals surface area contributed by atoms with E-state index in [-0.39, 0.29) is 11.6 Å². The van der Waals surface area contributed by atoms with Gasteiger partial charge in [-0.25, -0.2) is 4.98 Å². The molecule has 0 aliphatic heterocycles. The second-order valence-electron chi connectivity index (χ2n) is 4.45. The first-order chi connectivity index (χ1) is 9.88. The Morgan fingerprint density at radius 3 is 2.71 bits per heavy atom. The zero-order chi connectivity index (χ0) is 15.6. The van der Waals surface area contributed by atoms with Crippen molar-refractivity contribution < 1.29 is 9.59 Å². The highest BCUT2D eigenvalue weighted by atomic mass is 35.5. The summed E-state index contributed by atoms with van der Waals surface area (Å²) in [5.41, 5.74) is 0.767. The minimum absolute atomic E-state index is 0.147. The molecule has 0 saturated heterocycles. The number of nitrogens with zero attached hydrogens (tertiary/aromatic N) is 3. The molecule has 2 amide bonds. The van der Waals surface area contributed by atoms with Crippen molar-refractivity contribution in [3.63, 3.8) is 0 Å². The van der Waals surface area contributed by atoms with Crippen molar-refractivity contribution in [1.82, 2.24) is 14.9 Å². The Balaban J connectivity index is 2.19. The van der Waals surface area contributed by atoms with Crippen molar-refractivity contribution in [3.8, 4) is 0 Å². The topological polar surface area (TPSA) is 75.2 Å². The Morgan fingerprint density at radius 2 is 2.10 bits per heavy atom. The first kappa shape index (κ1) is 15.4. The number of anilines is 1. The molecule has 0 spiro atoms. The molecule has 0 aliphatic rings. The molecule has 2 aromatic heterocycles. The van der Waals surface area contributed by atoms with Gasteiger partial charge in [0.1, 0.15) is 10.6 Å². The minimum Gasteiger partial charge on any atom is -0.344 e. The van der Waals surface area contributed by atoms with Crippen LogP contribution in [0.15, 0.2) is 18.3 Å². The second-order valence-corrected chi connectivity index (χ2v) is 5.88. The van der Waals surface area contributed by atoms with Gasteiger partial charge in [-0.05, 0) is 19.1 Å². The summed E-state index contributed by atoms with van der Waals surface area (Å²) in [5, 5.41) is 3.39. The van der Waals surface area contributed by atoms with E-state index < -0.39 is 5.91 Å². The van der Waals surface area contributed by atoms with Gasteiger partial charge in [0.15, 0.2) is 5.13 Å². The van der Waals surface area contributed by atoms with Gasteiger partial charge in [-0.3, -0.25) is 19.9 Å². The van der Waals surface area contributed by atoms with Crippen LogP contribution in [0.25, 0.3) is 0 Å². The number of carbonyl (C=O) groups is 2. The normalized spacial score (nSPS) is 10.3. The molecule has 1 N–H and O–H groups in total. The number of nitrogens with one attached hydrogen (secondary N) is 1. The van der Waals surface area contributed by atoms with Gasteiger partial charge in [0.05, 0.1) is 5.69 Å². The van der Waals surface area contributed by atoms with Crippen molar-refractivity contribution in [2.24, 2.45) is 0 Å². The van der Waals surface area contributed by atoms with Crippen LogP contribution in [0, 0.1) is 6.92 Å². The fraction of sp³-hybridized carbons (Fsp3) is 0.231. The highest BCUT2D eigenvalue weighted by Gasteiger charge is 2.18. The van der Waals surface area contributed by atoms with Gasteiger partial charge in [0.2, 0.25) is 0 Å². The van der Waals surface area contributed by atoms with Gasteiger partial charge < -0.3 is 4.90 Å². The van der Waals surface area contributed by atoms with Gasteiger partial charge in [0.25, 0.3) is 11.8 Å². The molecule has 0 aliphatic carbocycles. The molecule has 6 nitrogen and oxygen atoms in total. The Morgan fingerprint density at radius 1 is 1.38 bits per heavy atom. The second kappa shape index (κ2) is 6.19. The van der Waals surface area contributed by atoms with E-state index in [0.717, 1.165) is 11.3 Å². The number of carbonyl (C=O) groups excluding carboxylic acids is 2. The molecule has 2 heterocycles. The summed E-state index contributed by atoms with van der Waals surface area (Å²) in [6.45, 7) is 1.72. The molecule has 0 unspecified atom stereocenters. The number of pyridine rings is 1. The lowest BCUT2D eigenvalue weighted by Gasteiger charge is -2.07. The predicted molar refractivity (Wildman–Crippen MR) is 82.1 cm³/mol. The number of amides is 2. The summed E-state index contributed by atoms with van der Waals surface area (Å²) in [7, 11) is 3.32. The summed E-state index contributed by atoms with van der Waals surface area (Å²) >= 11 is 6.94. The van der Waals surface area contributed by atoms with Gasteiger partial charge in [-0.2, -0.15) is 0 Å². The molecule has 0 fully saturated rings. The van der Waals surface area contributed by atoms with Crippen LogP contribution in [0.2, 0.25) is 5.02 Å². The molecule has 2 rings (SSSR count). The van der Waals surface area contributed by atoms with E-state index in [1.807, 2.05) is 0 Å². The van der Waals surface area contributed by atoms with Crippen LogP contribution in [0.3, 0.4) is 0 Å². The maximum atomic E-state index is 12.0. The fourth-order valence-electron chi connectivity index (χ4n) is 1.54. The average Bonchev–Trinajstić information content (AvgIpc) is 2.78. The molecule has 0 saturated carbocycles. The summed E-state index contributed by atoms with van der Waals surface area (Å²) < 4.78 is 0. The van der Waals surface area contributed by atoms with Gasteiger partial charge in [-0.15, -0.1) is 0 Å². The number of aryl methyl sites for hydroxylation is 1. The van der Waals surface area contributed by atoms with Gasteiger partial charge in [0, 0.05) is 25.3 Å². The van der Waals surface area contributed by atoms with Crippen molar-refractivity contribution in [1.29, 1.82) is 0 Å². The highest BCUT2D eigenvalue weighted by Crippen LogP contribution is 2.24. The molecule has 0 atom stereocenters. The lowest BCUT2D eigenvalue weighted by molar-refractivity contribution is 0.0831. The number of hydrogen-bond donors (Lipinski definition) is 1. The SMILES string of the molecule is Cc1nc(NC(=O)c2cc(Cl)ccn2)sc1C(=O)N(C)C. The van der Waals surface area contributed by atoms with E-state index in [1.165, 1.54) is 17.2 Å². The Labute approximate surface area is 130 Å². The van der Waals surface area contributed by atoms with E-state index in [2.05, 4.69) is 15.3 Å². The number of aromatic nitrogens is 2. The number of hydrogen-bond acceptors (Lipinski definition) is 5. The van der Waals surface area contributed by atoms with Crippen LogP contribution >= 0.6 is 22.9 Å². The molecule has 0 radical (unpaired) electrons. The number of halogens is 1. The van der Waals surface area contributed by atoms with Gasteiger partial charge >= 0.3 is 0 Å². The molecule has 8 heteroatoms. The van der Waals surface area contributed by atoms with E-state index in [9.17, 15) is 9.59 Å². The zero-order valence-corrected chi connectivity index (χ0v) is 13.2. The lowest BCUT2D eigenvalue weighted by Crippen LogP contribution is -2.21. The summed E-state index contributed by atoms with van der Waals surface area (Å²) in [6, 6.07) is 3.04. The molecule has 21 heavy (non-hydrogen) atoms. The fourth-order valence-corrected chi connectivity index (χ4v) is 2.68.